The van der Waals surface area contributed by atoms with Crippen molar-refractivity contribution in [2.45, 2.75) is 26.3 Å². The number of rotatable bonds is 7. The maximum atomic E-state index is 3.50. The van der Waals surface area contributed by atoms with Crippen LogP contribution in [0, 0.1) is 0 Å². The lowest BCUT2D eigenvalue weighted by Gasteiger charge is -2.38. The van der Waals surface area contributed by atoms with E-state index in [0.29, 0.717) is 0 Å². The molecule has 18 heavy (non-hydrogen) atoms. The molecule has 0 aromatic heterocycles. The number of nitrogens with one attached hydrogen (secondary N) is 1. The molecule has 0 fully saturated rings. The number of hydrogen-bond donors (Lipinski definition) is 1. The molecular weight excluding hydrogens is 240 g/mol. The van der Waals surface area contributed by atoms with E-state index >= 15 is 0 Å². The van der Waals surface area contributed by atoms with Gasteiger partial charge in [-0.15, -0.1) is 0 Å². The first-order valence-electron chi connectivity index (χ1n) is 6.58. The summed E-state index contributed by atoms with van der Waals surface area (Å²) >= 11 is 1.89. The third-order valence-corrected chi connectivity index (χ3v) is 3.49. The first-order valence-corrected chi connectivity index (χ1v) is 7.97. The highest BCUT2D eigenvalue weighted by Crippen LogP contribution is 2.22. The first kappa shape index (κ1) is 15.4. The summed E-state index contributed by atoms with van der Waals surface area (Å²) in [5.74, 6) is 1.18. The molecule has 0 heterocycles. The van der Waals surface area contributed by atoms with Crippen LogP contribution >= 0.6 is 11.8 Å². The molecule has 0 bridgehead atoms. The molecule has 2 nitrogen and oxygen atoms in total. The van der Waals surface area contributed by atoms with Crippen LogP contribution in [0.1, 0.15) is 20.8 Å². The van der Waals surface area contributed by atoms with Crippen LogP contribution in [-0.2, 0) is 0 Å². The van der Waals surface area contributed by atoms with Gasteiger partial charge in [0.15, 0.2) is 0 Å². The zero-order chi connectivity index (χ0) is 13.4. The van der Waals surface area contributed by atoms with Gasteiger partial charge in [-0.25, -0.2) is 0 Å². The molecule has 0 aliphatic heterocycles. The summed E-state index contributed by atoms with van der Waals surface area (Å²) in [6.07, 6.45) is 2.15. The second kappa shape index (κ2) is 7.70. The molecule has 0 aliphatic carbocycles. The summed E-state index contributed by atoms with van der Waals surface area (Å²) in [6.45, 7) is 9.97. The van der Waals surface area contributed by atoms with E-state index < -0.39 is 0 Å². The van der Waals surface area contributed by atoms with Crippen molar-refractivity contribution in [2.24, 2.45) is 0 Å². The van der Waals surface area contributed by atoms with Gasteiger partial charge in [0.2, 0.25) is 0 Å². The maximum Gasteiger partial charge on any atom is 0.0370 e. The van der Waals surface area contributed by atoms with Gasteiger partial charge >= 0.3 is 0 Å². The molecule has 0 amide bonds. The number of nitrogens with zero attached hydrogens (tertiary/aromatic N) is 1. The summed E-state index contributed by atoms with van der Waals surface area (Å²) in [7, 11) is 0. The second-order valence-electron chi connectivity index (χ2n) is 5.40. The molecule has 0 atom stereocenters. The Balaban J connectivity index is 2.53. The van der Waals surface area contributed by atoms with Crippen LogP contribution in [0.5, 0.6) is 0 Å². The monoisotopic (exact) mass is 266 g/mol. The normalized spacial score (nSPS) is 11.6. The largest absolute Gasteiger partial charge is 0.365 e. The van der Waals surface area contributed by atoms with Crippen LogP contribution < -0.4 is 10.2 Å². The van der Waals surface area contributed by atoms with Crippen LogP contribution in [0.2, 0.25) is 0 Å². The molecule has 0 saturated heterocycles. The van der Waals surface area contributed by atoms with Gasteiger partial charge < -0.3 is 10.2 Å². The van der Waals surface area contributed by atoms with Gasteiger partial charge in [0, 0.05) is 36.6 Å². The van der Waals surface area contributed by atoms with Crippen molar-refractivity contribution in [3.05, 3.63) is 30.3 Å². The first-order chi connectivity index (χ1) is 8.55. The quantitative estimate of drug-likeness (QED) is 0.763. The average Bonchev–Trinajstić information content (AvgIpc) is 2.33. The molecule has 0 radical (unpaired) electrons. The second-order valence-corrected chi connectivity index (χ2v) is 6.39. The van der Waals surface area contributed by atoms with E-state index in [1.165, 1.54) is 11.4 Å². The van der Waals surface area contributed by atoms with E-state index in [4.69, 9.17) is 0 Å². The molecule has 1 N–H and O–H groups in total. The Morgan fingerprint density at radius 3 is 2.33 bits per heavy atom. The number of thioether (sulfide) groups is 1. The minimum Gasteiger partial charge on any atom is -0.365 e. The smallest absolute Gasteiger partial charge is 0.0370 e. The maximum absolute atomic E-state index is 3.50. The molecule has 1 aromatic carbocycles. The Bertz CT molecular complexity index is 319. The van der Waals surface area contributed by atoms with E-state index in [2.05, 4.69) is 67.6 Å². The highest BCUT2D eigenvalue weighted by atomic mass is 32.2. The zero-order valence-corrected chi connectivity index (χ0v) is 12.9. The summed E-state index contributed by atoms with van der Waals surface area (Å²) in [5, 5.41) is 3.50. The average molecular weight is 266 g/mol. The summed E-state index contributed by atoms with van der Waals surface area (Å²) in [5.41, 5.74) is 1.46. The molecule has 0 unspecified atom stereocenters. The van der Waals surface area contributed by atoms with Crippen LogP contribution in [-0.4, -0.2) is 37.2 Å². The van der Waals surface area contributed by atoms with Crippen molar-refractivity contribution in [3.8, 4) is 0 Å². The van der Waals surface area contributed by atoms with Crippen molar-refractivity contribution < 1.29 is 0 Å². The predicted octanol–water partition coefficient (Wildman–Crippen LogP) is 3.24. The highest BCUT2D eigenvalue weighted by Gasteiger charge is 2.20. The van der Waals surface area contributed by atoms with Crippen molar-refractivity contribution in [2.75, 3.05) is 36.5 Å². The third-order valence-electron chi connectivity index (χ3n) is 2.87. The van der Waals surface area contributed by atoms with E-state index in [1.54, 1.807) is 0 Å². The Kier molecular flexibility index (Phi) is 6.58. The van der Waals surface area contributed by atoms with Crippen molar-refractivity contribution in [1.82, 2.24) is 5.32 Å². The van der Waals surface area contributed by atoms with Gasteiger partial charge in [-0.2, -0.15) is 11.8 Å². The molecule has 0 saturated carbocycles. The summed E-state index contributed by atoms with van der Waals surface area (Å²) in [6, 6.07) is 10.7. The molecule has 1 rings (SSSR count). The fourth-order valence-corrected chi connectivity index (χ4v) is 2.30. The Hall–Kier alpha value is -0.670. The lowest BCUT2D eigenvalue weighted by molar-refractivity contribution is 0.495. The Morgan fingerprint density at radius 2 is 1.78 bits per heavy atom. The predicted molar refractivity (Wildman–Crippen MR) is 84.8 cm³/mol. The van der Waals surface area contributed by atoms with Crippen molar-refractivity contribution in [1.29, 1.82) is 0 Å². The lowest BCUT2D eigenvalue weighted by Crippen LogP contribution is -2.45. The van der Waals surface area contributed by atoms with Crippen molar-refractivity contribution in [3.63, 3.8) is 0 Å². The molecule has 0 spiro atoms. The fourth-order valence-electron chi connectivity index (χ4n) is 1.95. The van der Waals surface area contributed by atoms with Crippen molar-refractivity contribution >= 4 is 17.4 Å². The van der Waals surface area contributed by atoms with Crippen LogP contribution in [0.15, 0.2) is 30.3 Å². The third kappa shape index (κ3) is 5.32. The molecule has 0 aliphatic rings. The van der Waals surface area contributed by atoms with E-state index in [1.807, 2.05) is 11.8 Å². The number of hydrogen-bond acceptors (Lipinski definition) is 3. The standard InChI is InChI=1S/C15H26N2S/c1-15(2,3)17(12-10-16-11-13-18-4)14-8-6-5-7-9-14/h5-9,16H,10-13H2,1-4H3. The highest BCUT2D eigenvalue weighted by molar-refractivity contribution is 7.98. The summed E-state index contributed by atoms with van der Waals surface area (Å²) < 4.78 is 0. The lowest BCUT2D eigenvalue weighted by atomic mass is 10.0. The van der Waals surface area contributed by atoms with Gasteiger partial charge in [0.05, 0.1) is 0 Å². The van der Waals surface area contributed by atoms with Crippen LogP contribution in [0.25, 0.3) is 0 Å². The molecule has 3 heteroatoms. The van der Waals surface area contributed by atoms with Gasteiger partial charge in [-0.05, 0) is 39.2 Å². The molecular formula is C15H26N2S. The zero-order valence-electron chi connectivity index (χ0n) is 12.1. The summed E-state index contributed by atoms with van der Waals surface area (Å²) in [4.78, 5) is 2.46. The van der Waals surface area contributed by atoms with Crippen LogP contribution in [0.4, 0.5) is 5.69 Å². The molecule has 1 aromatic rings. The van der Waals surface area contributed by atoms with Crippen LogP contribution in [0.3, 0.4) is 0 Å². The Labute approximate surface area is 116 Å². The topological polar surface area (TPSA) is 15.3 Å². The minimum atomic E-state index is 0.155. The number of para-hydroxylation sites is 1. The Morgan fingerprint density at radius 1 is 1.11 bits per heavy atom. The van der Waals surface area contributed by atoms with E-state index in [0.717, 1.165) is 19.6 Å². The molecule has 102 valence electrons. The number of benzene rings is 1. The fraction of sp³-hybridized carbons (Fsp3) is 0.600. The van der Waals surface area contributed by atoms with Gasteiger partial charge in [0.25, 0.3) is 0 Å². The number of anilines is 1. The SMILES string of the molecule is CSCCNCCN(c1ccccc1)C(C)(C)C. The van der Waals surface area contributed by atoms with Gasteiger partial charge in [-0.1, -0.05) is 18.2 Å². The van der Waals surface area contributed by atoms with E-state index in [-0.39, 0.29) is 5.54 Å². The minimum absolute atomic E-state index is 0.155. The van der Waals surface area contributed by atoms with Gasteiger partial charge in [-0.3, -0.25) is 0 Å². The van der Waals surface area contributed by atoms with Gasteiger partial charge in [0.1, 0.15) is 0 Å². The van der Waals surface area contributed by atoms with E-state index in [9.17, 15) is 0 Å².